The zero-order chi connectivity index (χ0) is 17.0. The van der Waals surface area contributed by atoms with E-state index in [9.17, 15) is 18.0 Å². The van der Waals surface area contributed by atoms with Crippen LogP contribution in [0.5, 0.6) is 0 Å². The van der Waals surface area contributed by atoms with Gasteiger partial charge in [-0.2, -0.15) is 13.2 Å². The number of hydrogen-bond acceptors (Lipinski definition) is 2. The molecule has 132 valence electrons. The van der Waals surface area contributed by atoms with Gasteiger partial charge in [0.15, 0.2) is 5.41 Å². The molecule has 0 saturated heterocycles. The second-order valence-corrected chi connectivity index (χ2v) is 8.06. The van der Waals surface area contributed by atoms with Crippen LogP contribution >= 0.6 is 0 Å². The third kappa shape index (κ3) is 2.32. The van der Waals surface area contributed by atoms with E-state index in [2.05, 4.69) is 0 Å². The first-order valence-corrected chi connectivity index (χ1v) is 8.98. The van der Waals surface area contributed by atoms with Crippen molar-refractivity contribution in [2.24, 2.45) is 29.1 Å². The van der Waals surface area contributed by atoms with Crippen LogP contribution in [0.4, 0.5) is 13.2 Å². The van der Waals surface area contributed by atoms with Crippen molar-refractivity contribution >= 4 is 5.97 Å². The van der Waals surface area contributed by atoms with Crippen LogP contribution in [0, 0.1) is 29.1 Å². The minimum atomic E-state index is -4.57. The molecule has 3 aliphatic carbocycles. The largest absolute Gasteiger partial charge is 0.458 e. The van der Waals surface area contributed by atoms with Crippen LogP contribution in [0.3, 0.4) is 0 Å². The lowest BCUT2D eigenvalue weighted by Crippen LogP contribution is -2.51. The van der Waals surface area contributed by atoms with Crippen LogP contribution in [0.15, 0.2) is 0 Å². The first kappa shape index (κ1) is 17.1. The number of ether oxygens (including phenoxy) is 1. The second-order valence-electron chi connectivity index (χ2n) is 8.06. The number of carbonyl (C=O) groups excluding carboxylic acids is 1. The number of carbonyl (C=O) groups is 1. The van der Waals surface area contributed by atoms with Crippen molar-refractivity contribution in [3.8, 4) is 0 Å². The van der Waals surface area contributed by atoms with Crippen molar-refractivity contribution in [3.05, 3.63) is 0 Å². The van der Waals surface area contributed by atoms with E-state index < -0.39 is 23.2 Å². The molecule has 0 aromatic heterocycles. The van der Waals surface area contributed by atoms with Gasteiger partial charge in [-0.3, -0.25) is 4.79 Å². The third-order valence-electron chi connectivity index (χ3n) is 7.27. The van der Waals surface area contributed by atoms with Crippen LogP contribution in [0.1, 0.15) is 65.7 Å². The van der Waals surface area contributed by atoms with Gasteiger partial charge >= 0.3 is 12.1 Å². The van der Waals surface area contributed by atoms with Gasteiger partial charge in [0.2, 0.25) is 0 Å². The standard InChI is InChI=1S/C18H27F3O2/c1-4-16(3,18(19,20)21)15(22)23-17(5-2)10-11-9-14(17)13-8-6-7-12(11)13/h11-14H,4-10H2,1-3H3. The fraction of sp³-hybridized carbons (Fsp3) is 0.944. The summed E-state index contributed by atoms with van der Waals surface area (Å²) in [6, 6.07) is 0. The highest BCUT2D eigenvalue weighted by Gasteiger charge is 2.64. The Kier molecular flexibility index (Phi) is 4.00. The SMILES string of the molecule is CCC1(OC(=O)C(C)(CC)C(F)(F)F)CC2CC1C1CCCC21. The number of fused-ring (bicyclic) bond motifs is 5. The molecule has 3 aliphatic rings. The first-order valence-electron chi connectivity index (χ1n) is 8.98. The van der Waals surface area contributed by atoms with E-state index in [-0.39, 0.29) is 12.3 Å². The van der Waals surface area contributed by atoms with Crippen molar-refractivity contribution in [2.75, 3.05) is 0 Å². The minimum absolute atomic E-state index is 0.267. The topological polar surface area (TPSA) is 26.3 Å². The summed E-state index contributed by atoms with van der Waals surface area (Å²) in [7, 11) is 0. The Hall–Kier alpha value is -0.740. The highest BCUT2D eigenvalue weighted by molar-refractivity contribution is 5.78. The number of hydrogen-bond donors (Lipinski definition) is 0. The molecule has 2 bridgehead atoms. The lowest BCUT2D eigenvalue weighted by molar-refractivity contribution is -0.242. The molecule has 6 atom stereocenters. The van der Waals surface area contributed by atoms with Gasteiger partial charge in [0.05, 0.1) is 0 Å². The molecular weight excluding hydrogens is 305 g/mol. The molecule has 0 aliphatic heterocycles. The van der Waals surface area contributed by atoms with Crippen molar-refractivity contribution in [3.63, 3.8) is 0 Å². The first-order chi connectivity index (χ1) is 10.7. The summed E-state index contributed by atoms with van der Waals surface area (Å²) in [5.74, 6) is 1.01. The molecule has 0 N–H and O–H groups in total. The molecule has 0 amide bonds. The monoisotopic (exact) mass is 332 g/mol. The highest BCUT2D eigenvalue weighted by atomic mass is 19.4. The molecule has 3 fully saturated rings. The van der Waals surface area contributed by atoms with E-state index in [1.807, 2.05) is 6.92 Å². The predicted molar refractivity (Wildman–Crippen MR) is 80.6 cm³/mol. The van der Waals surface area contributed by atoms with Crippen molar-refractivity contribution < 1.29 is 22.7 Å². The fourth-order valence-electron chi connectivity index (χ4n) is 5.57. The summed E-state index contributed by atoms with van der Waals surface area (Å²) in [6.45, 7) is 4.33. The molecule has 0 radical (unpaired) electrons. The maximum Gasteiger partial charge on any atom is 0.404 e. The Morgan fingerprint density at radius 3 is 2.43 bits per heavy atom. The fourth-order valence-corrected chi connectivity index (χ4v) is 5.57. The van der Waals surface area contributed by atoms with E-state index in [1.54, 1.807) is 0 Å². The Balaban J connectivity index is 1.82. The summed E-state index contributed by atoms with van der Waals surface area (Å²) in [5.41, 5.74) is -3.05. The minimum Gasteiger partial charge on any atom is -0.458 e. The van der Waals surface area contributed by atoms with Crippen molar-refractivity contribution in [2.45, 2.75) is 77.5 Å². The zero-order valence-electron chi connectivity index (χ0n) is 14.2. The zero-order valence-corrected chi connectivity index (χ0v) is 14.2. The average Bonchev–Trinajstić information content (AvgIpc) is 3.16. The second kappa shape index (κ2) is 5.38. The van der Waals surface area contributed by atoms with Crippen molar-refractivity contribution in [1.29, 1.82) is 0 Å². The third-order valence-corrected chi connectivity index (χ3v) is 7.27. The van der Waals surface area contributed by atoms with Crippen LogP contribution in [-0.4, -0.2) is 17.7 Å². The van der Waals surface area contributed by atoms with Gasteiger partial charge in [-0.05, 0) is 63.2 Å². The summed E-state index contributed by atoms with van der Waals surface area (Å²) in [4.78, 5) is 12.5. The van der Waals surface area contributed by atoms with Crippen molar-refractivity contribution in [1.82, 2.24) is 0 Å². The Labute approximate surface area is 136 Å². The number of halogens is 3. The lowest BCUT2D eigenvalue weighted by atomic mass is 9.71. The molecule has 0 spiro atoms. The van der Waals surface area contributed by atoms with Crippen LogP contribution in [0.25, 0.3) is 0 Å². The van der Waals surface area contributed by atoms with Gasteiger partial charge in [-0.1, -0.05) is 20.3 Å². The number of alkyl halides is 3. The maximum atomic E-state index is 13.4. The van der Waals surface area contributed by atoms with E-state index in [1.165, 1.54) is 19.8 Å². The quantitative estimate of drug-likeness (QED) is 0.669. The van der Waals surface area contributed by atoms with Gasteiger partial charge in [-0.15, -0.1) is 0 Å². The smallest absolute Gasteiger partial charge is 0.404 e. The summed E-state index contributed by atoms with van der Waals surface area (Å²) >= 11 is 0. The molecule has 0 aromatic carbocycles. The predicted octanol–water partition coefficient (Wildman–Crippen LogP) is 5.11. The van der Waals surface area contributed by atoms with E-state index in [0.717, 1.165) is 32.1 Å². The molecule has 0 heterocycles. The van der Waals surface area contributed by atoms with Gasteiger partial charge < -0.3 is 4.74 Å². The molecule has 5 heteroatoms. The van der Waals surface area contributed by atoms with Gasteiger partial charge in [0, 0.05) is 5.92 Å². The normalized spacial score (nSPS) is 41.7. The van der Waals surface area contributed by atoms with Crippen LogP contribution in [0.2, 0.25) is 0 Å². The average molecular weight is 332 g/mol. The summed E-state index contributed by atoms with van der Waals surface area (Å²) < 4.78 is 45.8. The Morgan fingerprint density at radius 1 is 1.22 bits per heavy atom. The van der Waals surface area contributed by atoms with E-state index in [0.29, 0.717) is 18.3 Å². The Morgan fingerprint density at radius 2 is 1.87 bits per heavy atom. The molecule has 6 unspecified atom stereocenters. The number of esters is 1. The van der Waals surface area contributed by atoms with E-state index in [4.69, 9.17) is 4.74 Å². The molecular formula is C18H27F3O2. The summed E-state index contributed by atoms with van der Waals surface area (Å²) in [5, 5.41) is 0. The van der Waals surface area contributed by atoms with Gasteiger partial charge in [-0.25, -0.2) is 0 Å². The van der Waals surface area contributed by atoms with Gasteiger partial charge in [0.1, 0.15) is 5.60 Å². The lowest BCUT2D eigenvalue weighted by Gasteiger charge is -2.43. The molecule has 2 nitrogen and oxygen atoms in total. The highest BCUT2D eigenvalue weighted by Crippen LogP contribution is 2.64. The summed E-state index contributed by atoms with van der Waals surface area (Å²) in [6.07, 6.45) is 1.18. The molecule has 0 aromatic rings. The maximum absolute atomic E-state index is 13.4. The molecule has 3 saturated carbocycles. The van der Waals surface area contributed by atoms with Crippen LogP contribution in [-0.2, 0) is 9.53 Å². The molecule has 23 heavy (non-hydrogen) atoms. The molecule has 3 rings (SSSR count). The van der Waals surface area contributed by atoms with Crippen LogP contribution < -0.4 is 0 Å². The van der Waals surface area contributed by atoms with E-state index >= 15 is 0 Å². The van der Waals surface area contributed by atoms with Gasteiger partial charge in [0.25, 0.3) is 0 Å². The Bertz CT molecular complexity index is 489. The number of rotatable bonds is 4.